The van der Waals surface area contributed by atoms with Crippen molar-refractivity contribution in [2.75, 3.05) is 5.32 Å². The number of anilines is 1. The molecule has 1 N–H and O–H groups in total. The molecule has 6 heteroatoms. The molecule has 0 spiro atoms. The van der Waals surface area contributed by atoms with Crippen LogP contribution in [0.1, 0.15) is 11.1 Å². The van der Waals surface area contributed by atoms with Gasteiger partial charge in [-0.05, 0) is 46.6 Å². The topological polar surface area (TPSA) is 55.2 Å². The van der Waals surface area contributed by atoms with Gasteiger partial charge in [-0.25, -0.2) is 0 Å². The third-order valence-electron chi connectivity index (χ3n) is 2.85. The summed E-state index contributed by atoms with van der Waals surface area (Å²) in [5, 5.41) is 14.1. The Kier molecular flexibility index (Phi) is 4.77. The van der Waals surface area contributed by atoms with Crippen molar-refractivity contribution in [3.63, 3.8) is 0 Å². The highest BCUT2D eigenvalue weighted by Crippen LogP contribution is 2.31. The zero-order valence-electron chi connectivity index (χ0n) is 10.7. The van der Waals surface area contributed by atoms with E-state index in [0.717, 1.165) is 15.7 Å². The highest BCUT2D eigenvalue weighted by molar-refractivity contribution is 9.10. The van der Waals surface area contributed by atoms with E-state index in [2.05, 4.69) is 37.2 Å². The van der Waals surface area contributed by atoms with Gasteiger partial charge in [0.2, 0.25) is 0 Å². The predicted molar refractivity (Wildman–Crippen MR) is 87.0 cm³/mol. The Bertz CT molecular complexity index is 660. The average Bonchev–Trinajstić information content (AvgIpc) is 2.39. The van der Waals surface area contributed by atoms with E-state index in [1.165, 1.54) is 6.07 Å². The zero-order chi connectivity index (χ0) is 14.7. The van der Waals surface area contributed by atoms with E-state index >= 15 is 0 Å². The van der Waals surface area contributed by atoms with Gasteiger partial charge in [-0.1, -0.05) is 28.1 Å². The summed E-state index contributed by atoms with van der Waals surface area (Å²) in [5.41, 5.74) is 2.72. The Morgan fingerprint density at radius 1 is 1.25 bits per heavy atom. The number of hydrogen-bond donors (Lipinski definition) is 1. The number of hydrogen-bond acceptors (Lipinski definition) is 3. The highest BCUT2D eigenvalue weighted by atomic mass is 79.9. The van der Waals surface area contributed by atoms with Gasteiger partial charge in [0.05, 0.1) is 4.92 Å². The third-order valence-corrected chi connectivity index (χ3v) is 4.00. The molecule has 0 amide bonds. The van der Waals surface area contributed by atoms with E-state index in [1.54, 1.807) is 13.0 Å². The Morgan fingerprint density at radius 2 is 2.00 bits per heavy atom. The molecule has 0 atom stereocenters. The number of halogens is 2. The highest BCUT2D eigenvalue weighted by Gasteiger charge is 2.13. The van der Waals surface area contributed by atoms with Crippen molar-refractivity contribution < 1.29 is 4.92 Å². The van der Waals surface area contributed by atoms with Crippen LogP contribution in [0, 0.1) is 17.0 Å². The van der Waals surface area contributed by atoms with E-state index in [1.807, 2.05) is 24.3 Å². The largest absolute Gasteiger partial charge is 0.380 e. The summed E-state index contributed by atoms with van der Waals surface area (Å²) in [5.74, 6) is 0. The molecule has 0 aliphatic carbocycles. The molecule has 0 radical (unpaired) electrons. The van der Waals surface area contributed by atoms with Crippen LogP contribution in [0.25, 0.3) is 0 Å². The van der Waals surface area contributed by atoms with Crippen molar-refractivity contribution >= 4 is 43.2 Å². The maximum atomic E-state index is 10.9. The van der Waals surface area contributed by atoms with E-state index in [-0.39, 0.29) is 10.6 Å². The first-order chi connectivity index (χ1) is 9.47. The molecular weight excluding hydrogens is 388 g/mol. The van der Waals surface area contributed by atoms with Gasteiger partial charge in [0.25, 0.3) is 5.69 Å². The standard InChI is InChI=1S/C14H12Br2N2O2/c1-9-5-13(12(16)7-14(9)18(19)20)17-8-10-3-2-4-11(15)6-10/h2-7,17H,8H2,1H3. The van der Waals surface area contributed by atoms with E-state index in [4.69, 9.17) is 0 Å². The molecule has 20 heavy (non-hydrogen) atoms. The van der Waals surface area contributed by atoms with Crippen molar-refractivity contribution in [1.29, 1.82) is 0 Å². The van der Waals surface area contributed by atoms with Crippen LogP contribution in [-0.2, 0) is 6.54 Å². The first-order valence-corrected chi connectivity index (χ1v) is 7.49. The minimum atomic E-state index is -0.377. The fraction of sp³-hybridized carbons (Fsp3) is 0.143. The summed E-state index contributed by atoms with van der Waals surface area (Å²) in [6.45, 7) is 2.38. The van der Waals surface area contributed by atoms with Gasteiger partial charge in [0, 0.05) is 32.8 Å². The average molecular weight is 400 g/mol. The molecule has 4 nitrogen and oxygen atoms in total. The summed E-state index contributed by atoms with van der Waals surface area (Å²) in [7, 11) is 0. The monoisotopic (exact) mass is 398 g/mol. The van der Waals surface area contributed by atoms with Crippen LogP contribution in [-0.4, -0.2) is 4.92 Å². The fourth-order valence-corrected chi connectivity index (χ4v) is 2.77. The van der Waals surface area contributed by atoms with Crippen LogP contribution in [0.5, 0.6) is 0 Å². The van der Waals surface area contributed by atoms with Crippen LogP contribution >= 0.6 is 31.9 Å². The van der Waals surface area contributed by atoms with Gasteiger partial charge in [0.15, 0.2) is 0 Å². The van der Waals surface area contributed by atoms with Crippen molar-refractivity contribution in [2.24, 2.45) is 0 Å². The summed E-state index contributed by atoms with van der Waals surface area (Å²) >= 11 is 6.79. The third kappa shape index (κ3) is 3.58. The zero-order valence-corrected chi connectivity index (χ0v) is 13.9. The van der Waals surface area contributed by atoms with Crippen LogP contribution in [0.4, 0.5) is 11.4 Å². The molecule has 2 rings (SSSR count). The Balaban J connectivity index is 2.18. The number of rotatable bonds is 4. The number of nitro benzene ring substituents is 1. The molecule has 0 saturated carbocycles. The van der Waals surface area contributed by atoms with Crippen molar-refractivity contribution in [3.05, 3.63) is 66.6 Å². The lowest BCUT2D eigenvalue weighted by atomic mass is 10.1. The second-order valence-electron chi connectivity index (χ2n) is 4.36. The first-order valence-electron chi connectivity index (χ1n) is 5.90. The second kappa shape index (κ2) is 6.37. The van der Waals surface area contributed by atoms with Gasteiger partial charge in [0.1, 0.15) is 0 Å². The van der Waals surface area contributed by atoms with Crippen molar-refractivity contribution in [3.8, 4) is 0 Å². The molecule has 0 aromatic heterocycles. The van der Waals surface area contributed by atoms with Crippen LogP contribution in [0.15, 0.2) is 45.3 Å². The van der Waals surface area contributed by atoms with Crippen molar-refractivity contribution in [2.45, 2.75) is 13.5 Å². The van der Waals surface area contributed by atoms with E-state index in [0.29, 0.717) is 16.6 Å². The van der Waals surface area contributed by atoms with Crippen LogP contribution in [0.2, 0.25) is 0 Å². The molecule has 0 unspecified atom stereocenters. The first kappa shape index (κ1) is 15.0. The number of nitro groups is 1. The van der Waals surface area contributed by atoms with E-state index in [9.17, 15) is 10.1 Å². The number of nitrogens with zero attached hydrogens (tertiary/aromatic N) is 1. The maximum absolute atomic E-state index is 10.9. The SMILES string of the molecule is Cc1cc(NCc2cccc(Br)c2)c(Br)cc1[N+](=O)[O-]. The second-order valence-corrected chi connectivity index (χ2v) is 6.13. The molecular formula is C14H12Br2N2O2. The fourth-order valence-electron chi connectivity index (χ4n) is 1.85. The molecule has 0 heterocycles. The Morgan fingerprint density at radius 3 is 2.65 bits per heavy atom. The van der Waals surface area contributed by atoms with Gasteiger partial charge in [-0.3, -0.25) is 10.1 Å². The number of benzene rings is 2. The molecule has 0 bridgehead atoms. The lowest BCUT2D eigenvalue weighted by molar-refractivity contribution is -0.385. The minimum Gasteiger partial charge on any atom is -0.380 e. The van der Waals surface area contributed by atoms with Gasteiger partial charge >= 0.3 is 0 Å². The molecule has 0 saturated heterocycles. The molecule has 104 valence electrons. The summed E-state index contributed by atoms with van der Waals surface area (Å²) in [6, 6.07) is 11.3. The normalized spacial score (nSPS) is 10.3. The maximum Gasteiger partial charge on any atom is 0.273 e. The quantitative estimate of drug-likeness (QED) is 0.578. The van der Waals surface area contributed by atoms with Gasteiger partial charge in [-0.15, -0.1) is 0 Å². The lowest BCUT2D eigenvalue weighted by Crippen LogP contribution is -2.01. The van der Waals surface area contributed by atoms with Gasteiger partial charge < -0.3 is 5.32 Å². The molecule has 2 aromatic rings. The van der Waals surface area contributed by atoms with Gasteiger partial charge in [-0.2, -0.15) is 0 Å². The summed E-state index contributed by atoms with van der Waals surface area (Å²) in [4.78, 5) is 10.5. The lowest BCUT2D eigenvalue weighted by Gasteiger charge is -2.10. The smallest absolute Gasteiger partial charge is 0.273 e. The Labute approximate surface area is 133 Å². The van der Waals surface area contributed by atoms with E-state index < -0.39 is 0 Å². The van der Waals surface area contributed by atoms with Crippen LogP contribution < -0.4 is 5.32 Å². The molecule has 2 aromatic carbocycles. The molecule has 0 aliphatic heterocycles. The molecule has 0 aliphatic rings. The predicted octanol–water partition coefficient (Wildman–Crippen LogP) is 5.04. The number of aryl methyl sites for hydroxylation is 1. The summed E-state index contributed by atoms with van der Waals surface area (Å²) in [6.07, 6.45) is 0. The summed E-state index contributed by atoms with van der Waals surface area (Å²) < 4.78 is 1.71. The molecule has 0 fully saturated rings. The van der Waals surface area contributed by atoms with Crippen molar-refractivity contribution in [1.82, 2.24) is 0 Å². The van der Waals surface area contributed by atoms with Crippen LogP contribution in [0.3, 0.4) is 0 Å². The Hall–Kier alpha value is -1.40. The number of nitrogens with one attached hydrogen (secondary N) is 1. The minimum absolute atomic E-state index is 0.116.